The number of nitrogens with one attached hydrogen (secondary N) is 2. The lowest BCUT2D eigenvalue weighted by atomic mass is 9.98. The topological polar surface area (TPSA) is 97.4 Å². The van der Waals surface area contributed by atoms with Gasteiger partial charge in [0, 0.05) is 30.6 Å². The molecular formula is C44H46N6S4. The summed E-state index contributed by atoms with van der Waals surface area (Å²) in [5.41, 5.74) is 11.8. The summed E-state index contributed by atoms with van der Waals surface area (Å²) in [6.45, 7) is 4.49. The second kappa shape index (κ2) is 18.4. The van der Waals surface area contributed by atoms with Crippen LogP contribution >= 0.6 is 46.5 Å². The summed E-state index contributed by atoms with van der Waals surface area (Å²) < 4.78 is 16.8. The lowest BCUT2D eigenvalue weighted by Crippen LogP contribution is -1.92. The van der Waals surface area contributed by atoms with E-state index in [9.17, 15) is 10.5 Å². The van der Waals surface area contributed by atoms with Crippen molar-refractivity contribution < 1.29 is 0 Å². The van der Waals surface area contributed by atoms with Crippen LogP contribution in [0.1, 0.15) is 113 Å². The Balaban J connectivity index is 1.13. The Kier molecular flexibility index (Phi) is 13.0. The first-order chi connectivity index (χ1) is 26.6. The zero-order valence-corrected chi connectivity index (χ0v) is 34.4. The smallest absolute Gasteiger partial charge is 0.116 e. The zero-order valence-electron chi connectivity index (χ0n) is 31.1. The fraction of sp³-hybridized carbons (Fsp3) is 0.364. The Labute approximate surface area is 336 Å². The van der Waals surface area contributed by atoms with Crippen LogP contribution in [0.5, 0.6) is 0 Å². The van der Waals surface area contributed by atoms with E-state index in [1.807, 2.05) is 0 Å². The third-order valence-electron chi connectivity index (χ3n) is 10.4. The monoisotopic (exact) mass is 786 g/mol. The molecule has 10 heteroatoms. The predicted octanol–water partition coefficient (Wildman–Crippen LogP) is 14.4. The summed E-state index contributed by atoms with van der Waals surface area (Å²) in [6.07, 6.45) is 16.9. The average molecular weight is 787 g/mol. The summed E-state index contributed by atoms with van der Waals surface area (Å²) >= 11 is 6.14. The highest BCUT2D eigenvalue weighted by Crippen LogP contribution is 2.54. The van der Waals surface area contributed by atoms with Crippen molar-refractivity contribution in [3.05, 3.63) is 82.9 Å². The van der Waals surface area contributed by atoms with Gasteiger partial charge in [0.1, 0.15) is 11.0 Å². The van der Waals surface area contributed by atoms with Crippen LogP contribution in [0.3, 0.4) is 0 Å². The number of hydrogen-bond donors (Lipinski definition) is 2. The predicted molar refractivity (Wildman–Crippen MR) is 233 cm³/mol. The summed E-state index contributed by atoms with van der Waals surface area (Å²) in [6, 6.07) is 26.3. The first-order valence-corrected chi connectivity index (χ1v) is 22.6. The van der Waals surface area contributed by atoms with Gasteiger partial charge in [0.15, 0.2) is 0 Å². The maximum Gasteiger partial charge on any atom is 0.116 e. The van der Waals surface area contributed by atoms with Crippen LogP contribution in [-0.4, -0.2) is 8.75 Å². The van der Waals surface area contributed by atoms with E-state index < -0.39 is 0 Å². The van der Waals surface area contributed by atoms with Crippen LogP contribution in [0.25, 0.3) is 52.8 Å². The normalized spacial score (nSPS) is 12.0. The number of nitrogens with zero attached hydrogens (tertiary/aromatic N) is 4. The van der Waals surface area contributed by atoms with Crippen molar-refractivity contribution in [3.63, 3.8) is 0 Å². The molecule has 1 aliphatic rings. The molecule has 7 rings (SSSR count). The van der Waals surface area contributed by atoms with E-state index in [-0.39, 0.29) is 0 Å². The Hall–Kier alpha value is -4.19. The summed E-state index contributed by atoms with van der Waals surface area (Å²) in [5.74, 6) is 0. The van der Waals surface area contributed by atoms with Crippen molar-refractivity contribution >= 4 is 68.9 Å². The van der Waals surface area contributed by atoms with E-state index >= 15 is 0 Å². The quantitative estimate of drug-likeness (QED) is 0.0661. The Morgan fingerprint density at radius 1 is 0.537 bits per heavy atom. The van der Waals surface area contributed by atoms with Crippen molar-refractivity contribution in [1.29, 1.82) is 10.5 Å². The molecule has 0 bridgehead atoms. The Morgan fingerprint density at radius 2 is 0.963 bits per heavy atom. The molecule has 0 unspecified atom stereocenters. The van der Waals surface area contributed by atoms with Gasteiger partial charge in [-0.05, 0) is 84.3 Å². The fourth-order valence-electron chi connectivity index (χ4n) is 7.36. The van der Waals surface area contributed by atoms with Crippen LogP contribution in [0, 0.1) is 22.7 Å². The molecule has 54 heavy (non-hydrogen) atoms. The van der Waals surface area contributed by atoms with Gasteiger partial charge in [-0.1, -0.05) is 102 Å². The summed E-state index contributed by atoms with van der Waals surface area (Å²) in [4.78, 5) is 4.46. The van der Waals surface area contributed by atoms with Crippen LogP contribution in [0.4, 0.5) is 11.4 Å². The highest BCUT2D eigenvalue weighted by molar-refractivity contribution is 8.02. The fourth-order valence-corrected chi connectivity index (χ4v) is 10.7. The number of aromatic nitrogens is 2. The van der Waals surface area contributed by atoms with Crippen molar-refractivity contribution in [1.82, 2.24) is 8.75 Å². The molecule has 0 saturated carbocycles. The summed E-state index contributed by atoms with van der Waals surface area (Å²) in [5, 5.41) is 20.1. The molecule has 0 spiro atoms. The van der Waals surface area contributed by atoms with Gasteiger partial charge in [-0.3, -0.25) is 0 Å². The number of rotatable bonds is 18. The van der Waals surface area contributed by atoms with E-state index in [0.717, 1.165) is 112 Å². The third-order valence-corrected chi connectivity index (χ3v) is 13.8. The Bertz CT molecular complexity index is 2140. The molecule has 2 N–H and O–H groups in total. The van der Waals surface area contributed by atoms with E-state index in [4.69, 9.17) is 8.75 Å². The van der Waals surface area contributed by atoms with Crippen molar-refractivity contribution in [2.45, 2.75) is 104 Å². The molecular weight excluding hydrogens is 741 g/mol. The molecule has 0 fully saturated rings. The van der Waals surface area contributed by atoms with E-state index in [1.54, 1.807) is 22.7 Å². The van der Waals surface area contributed by atoms with Gasteiger partial charge in [0.2, 0.25) is 0 Å². The molecule has 0 aliphatic carbocycles. The third kappa shape index (κ3) is 8.38. The Morgan fingerprint density at radius 3 is 1.41 bits per heavy atom. The molecule has 276 valence electrons. The largest absolute Gasteiger partial charge is 0.309 e. The molecule has 6 nitrogen and oxygen atoms in total. The lowest BCUT2D eigenvalue weighted by molar-refractivity contribution is 0.607. The molecule has 0 amide bonds. The van der Waals surface area contributed by atoms with E-state index in [0.29, 0.717) is 0 Å². The number of hydrogen-bond acceptors (Lipinski definition) is 10. The molecule has 0 radical (unpaired) electrons. The van der Waals surface area contributed by atoms with E-state index in [1.165, 1.54) is 88.1 Å². The first kappa shape index (κ1) is 38.1. The molecule has 1 aliphatic heterocycles. The SMILES string of the molecule is CCCCCCCCc1ccc(-c2ccc(-c3c4c(c(-c5ccc(-c6ccc(CCCCCCCC)c(C#N)c6)s5)c5nsnc35)NSN4)s2)cc1C#N. The van der Waals surface area contributed by atoms with Gasteiger partial charge in [0.05, 0.1) is 58.5 Å². The molecule has 4 heterocycles. The minimum atomic E-state index is 0.776. The second-order valence-electron chi connectivity index (χ2n) is 14.1. The van der Waals surface area contributed by atoms with Gasteiger partial charge < -0.3 is 9.44 Å². The molecule has 6 aromatic rings. The van der Waals surface area contributed by atoms with Crippen LogP contribution in [0.15, 0.2) is 60.7 Å². The number of unbranched alkanes of at least 4 members (excludes halogenated alkanes) is 10. The molecule has 0 atom stereocenters. The lowest BCUT2D eigenvalue weighted by Gasteiger charge is -2.11. The van der Waals surface area contributed by atoms with E-state index in [2.05, 4.69) is 96.1 Å². The number of anilines is 2. The second-order valence-corrected chi connectivity index (χ2v) is 17.4. The van der Waals surface area contributed by atoms with Crippen molar-refractivity contribution in [2.75, 3.05) is 9.44 Å². The van der Waals surface area contributed by atoms with Gasteiger partial charge in [-0.2, -0.15) is 19.3 Å². The number of fused-ring (bicyclic) bond motifs is 2. The average Bonchev–Trinajstić information content (AvgIpc) is 4.05. The number of aryl methyl sites for hydroxylation is 2. The molecule has 3 aromatic carbocycles. The zero-order chi connectivity index (χ0) is 37.3. The van der Waals surface area contributed by atoms with Gasteiger partial charge in [-0.25, -0.2) is 0 Å². The highest BCUT2D eigenvalue weighted by atomic mass is 32.2. The maximum absolute atomic E-state index is 10.0. The van der Waals surface area contributed by atoms with Crippen molar-refractivity contribution in [2.24, 2.45) is 0 Å². The van der Waals surface area contributed by atoms with Crippen LogP contribution < -0.4 is 9.44 Å². The highest BCUT2D eigenvalue weighted by Gasteiger charge is 2.29. The molecule has 0 saturated heterocycles. The standard InChI is InChI=1S/C44H46N6S4/c1-3-5-7-9-11-13-15-29-17-19-31(25-33(29)27-45)35-21-23-37(51-35)39-41-43(49-53-47-41)40(44-42(39)48-54-50-44)38-24-22-36(52-38)32-20-18-30(34(26-32)28-46)16-14-12-10-8-6-4-2/h17-26,47,49H,3-16H2,1-2H3. The summed E-state index contributed by atoms with van der Waals surface area (Å²) in [7, 11) is 0. The van der Waals surface area contributed by atoms with Gasteiger partial charge in [-0.15, -0.1) is 22.7 Å². The minimum Gasteiger partial charge on any atom is -0.309 e. The number of thiophene rings is 2. The van der Waals surface area contributed by atoms with Gasteiger partial charge in [0.25, 0.3) is 0 Å². The van der Waals surface area contributed by atoms with Gasteiger partial charge >= 0.3 is 0 Å². The number of nitriles is 2. The van der Waals surface area contributed by atoms with Crippen LogP contribution in [-0.2, 0) is 12.8 Å². The van der Waals surface area contributed by atoms with Crippen LogP contribution in [0.2, 0.25) is 0 Å². The minimum absolute atomic E-state index is 0.776. The molecule has 3 aromatic heterocycles. The number of benzene rings is 3. The maximum atomic E-state index is 10.0. The van der Waals surface area contributed by atoms with Crippen molar-refractivity contribution in [3.8, 4) is 53.9 Å². The first-order valence-electron chi connectivity index (χ1n) is 19.4.